The molecule has 4 aromatic rings. The van der Waals surface area contributed by atoms with E-state index in [9.17, 15) is 14.0 Å². The van der Waals surface area contributed by atoms with Crippen LogP contribution in [-0.4, -0.2) is 52.8 Å². The first kappa shape index (κ1) is 20.1. The molecule has 0 unspecified atom stereocenters. The van der Waals surface area contributed by atoms with Crippen LogP contribution in [0.25, 0.3) is 21.7 Å². The molecule has 33 heavy (non-hydrogen) atoms. The average Bonchev–Trinajstić information content (AvgIpc) is 3.28. The number of aromatic nitrogens is 1. The first-order valence-corrected chi connectivity index (χ1v) is 11.5. The first-order chi connectivity index (χ1) is 16.1. The van der Waals surface area contributed by atoms with Gasteiger partial charge >= 0.3 is 0 Å². The van der Waals surface area contributed by atoms with Crippen LogP contribution in [0.1, 0.15) is 45.0 Å². The number of amides is 2. The van der Waals surface area contributed by atoms with E-state index in [2.05, 4.69) is 9.88 Å². The van der Waals surface area contributed by atoms with Gasteiger partial charge in [-0.05, 0) is 67.1 Å². The van der Waals surface area contributed by atoms with Gasteiger partial charge in [0.25, 0.3) is 11.8 Å². The Balaban J connectivity index is 1.14. The van der Waals surface area contributed by atoms with Crippen molar-refractivity contribution >= 4 is 33.5 Å². The van der Waals surface area contributed by atoms with Crippen molar-refractivity contribution in [1.82, 2.24) is 14.8 Å². The summed E-state index contributed by atoms with van der Waals surface area (Å²) in [5.74, 6) is -0.305. The maximum Gasteiger partial charge on any atom is 0.261 e. The topological polar surface area (TPSA) is 56.4 Å². The molecule has 0 saturated carbocycles. The van der Waals surface area contributed by atoms with Gasteiger partial charge in [0.05, 0.1) is 0 Å². The quantitative estimate of drug-likeness (QED) is 0.457. The second kappa shape index (κ2) is 7.81. The van der Waals surface area contributed by atoms with E-state index >= 15 is 0 Å². The lowest BCUT2D eigenvalue weighted by Gasteiger charge is -2.34. The maximum atomic E-state index is 14.4. The highest BCUT2D eigenvalue weighted by Gasteiger charge is 2.33. The molecule has 0 atom stereocenters. The van der Waals surface area contributed by atoms with E-state index in [1.54, 1.807) is 18.2 Å². The molecule has 3 aromatic carbocycles. The smallest absolute Gasteiger partial charge is 0.261 e. The minimum Gasteiger partial charge on any atom is -0.361 e. The molecule has 1 saturated heterocycles. The number of piperidine rings is 1. The molecule has 5 nitrogen and oxygen atoms in total. The van der Waals surface area contributed by atoms with Crippen LogP contribution in [0.3, 0.4) is 0 Å². The van der Waals surface area contributed by atoms with E-state index < -0.39 is 0 Å². The zero-order valence-corrected chi connectivity index (χ0v) is 18.2. The minimum atomic E-state index is -0.214. The van der Waals surface area contributed by atoms with Crippen molar-refractivity contribution in [2.75, 3.05) is 26.2 Å². The Morgan fingerprint density at radius 3 is 2.21 bits per heavy atom. The minimum absolute atomic E-state index is 0.177. The van der Waals surface area contributed by atoms with E-state index in [4.69, 9.17) is 0 Å². The summed E-state index contributed by atoms with van der Waals surface area (Å²) in [6.07, 6.45) is 3.79. The molecule has 3 heterocycles. The number of carbonyl (C=O) groups excluding carboxylic acids is 2. The van der Waals surface area contributed by atoms with Crippen molar-refractivity contribution in [3.8, 4) is 0 Å². The SMILES string of the molecule is O=C1c2cccc3cccc(c23)C(=O)N1CCN1CCC(c2c[nH]c3cccc(F)c23)CC1. The van der Waals surface area contributed by atoms with Gasteiger partial charge in [-0.1, -0.05) is 30.3 Å². The summed E-state index contributed by atoms with van der Waals surface area (Å²) in [5.41, 5.74) is 3.09. The van der Waals surface area contributed by atoms with E-state index in [1.807, 2.05) is 36.5 Å². The number of hydrogen-bond acceptors (Lipinski definition) is 3. The number of halogens is 1. The summed E-state index contributed by atoms with van der Waals surface area (Å²) in [4.78, 5) is 33.1. The highest BCUT2D eigenvalue weighted by atomic mass is 19.1. The number of nitrogens with one attached hydrogen (secondary N) is 1. The molecule has 1 fully saturated rings. The number of carbonyl (C=O) groups is 2. The molecule has 6 rings (SSSR count). The lowest BCUT2D eigenvalue weighted by molar-refractivity contribution is 0.0586. The standard InChI is InChI=1S/C27H24FN3O2/c28-22-8-3-9-23-25(22)21(16-29-23)17-10-12-30(13-11-17)14-15-31-26(32)19-6-1-4-18-5-2-7-20(24(18)19)27(31)33/h1-9,16-17,29H,10-15H2. The van der Waals surface area contributed by atoms with Crippen molar-refractivity contribution in [1.29, 1.82) is 0 Å². The summed E-state index contributed by atoms with van der Waals surface area (Å²) >= 11 is 0. The van der Waals surface area contributed by atoms with Gasteiger partial charge in [0.1, 0.15) is 5.82 Å². The molecule has 6 heteroatoms. The van der Waals surface area contributed by atoms with Crippen LogP contribution >= 0.6 is 0 Å². The van der Waals surface area contributed by atoms with Crippen LogP contribution in [0.4, 0.5) is 4.39 Å². The van der Waals surface area contributed by atoms with Crippen LogP contribution in [0, 0.1) is 5.82 Å². The van der Waals surface area contributed by atoms with E-state index in [0.29, 0.717) is 35.5 Å². The lowest BCUT2D eigenvalue weighted by atomic mass is 9.89. The number of aromatic amines is 1. The fourth-order valence-electron chi connectivity index (χ4n) is 5.48. The van der Waals surface area contributed by atoms with Gasteiger partial charge in [0.2, 0.25) is 0 Å². The lowest BCUT2D eigenvalue weighted by Crippen LogP contribution is -2.45. The Bertz CT molecular complexity index is 1350. The third-order valence-corrected chi connectivity index (χ3v) is 7.21. The molecule has 0 radical (unpaired) electrons. The van der Waals surface area contributed by atoms with E-state index in [0.717, 1.165) is 47.8 Å². The zero-order valence-electron chi connectivity index (χ0n) is 18.2. The second-order valence-electron chi connectivity index (χ2n) is 8.99. The highest BCUT2D eigenvalue weighted by Crippen LogP contribution is 2.35. The molecule has 2 amide bonds. The summed E-state index contributed by atoms with van der Waals surface area (Å²) in [5, 5.41) is 2.38. The van der Waals surface area contributed by atoms with Gasteiger partial charge in [-0.25, -0.2) is 4.39 Å². The van der Waals surface area contributed by atoms with Gasteiger partial charge < -0.3 is 9.88 Å². The van der Waals surface area contributed by atoms with E-state index in [1.165, 1.54) is 11.0 Å². The Morgan fingerprint density at radius 2 is 1.52 bits per heavy atom. The normalized spacial score (nSPS) is 17.4. The number of H-pyrrole nitrogens is 1. The van der Waals surface area contributed by atoms with Gasteiger partial charge in [-0.2, -0.15) is 0 Å². The molecular formula is C27H24FN3O2. The molecule has 0 spiro atoms. The molecule has 1 N–H and O–H groups in total. The van der Waals surface area contributed by atoms with Crippen LogP contribution in [0.5, 0.6) is 0 Å². The van der Waals surface area contributed by atoms with Crippen LogP contribution in [-0.2, 0) is 0 Å². The van der Waals surface area contributed by atoms with Gasteiger partial charge in [-0.3, -0.25) is 14.5 Å². The van der Waals surface area contributed by atoms with Crippen molar-refractivity contribution in [3.63, 3.8) is 0 Å². The number of rotatable bonds is 4. The van der Waals surface area contributed by atoms with Crippen molar-refractivity contribution in [2.24, 2.45) is 0 Å². The largest absolute Gasteiger partial charge is 0.361 e. The third-order valence-electron chi connectivity index (χ3n) is 7.21. The average molecular weight is 442 g/mol. The van der Waals surface area contributed by atoms with Crippen LogP contribution < -0.4 is 0 Å². The maximum absolute atomic E-state index is 14.4. The molecule has 2 aliphatic rings. The number of imide groups is 1. The van der Waals surface area contributed by atoms with Crippen LogP contribution in [0.2, 0.25) is 0 Å². The van der Waals surface area contributed by atoms with Gasteiger partial charge in [0.15, 0.2) is 0 Å². The predicted octanol–water partition coefficient (Wildman–Crippen LogP) is 4.94. The Hall–Kier alpha value is -3.51. The number of nitrogens with zero attached hydrogens (tertiary/aromatic N) is 2. The number of fused-ring (bicyclic) bond motifs is 1. The number of likely N-dealkylation sites (tertiary alicyclic amines) is 1. The first-order valence-electron chi connectivity index (χ1n) is 11.5. The predicted molar refractivity (Wildman–Crippen MR) is 126 cm³/mol. The second-order valence-corrected chi connectivity index (χ2v) is 8.99. The summed E-state index contributed by atoms with van der Waals surface area (Å²) < 4.78 is 14.4. The Kier molecular flexibility index (Phi) is 4.76. The molecule has 1 aromatic heterocycles. The van der Waals surface area contributed by atoms with Crippen molar-refractivity contribution in [3.05, 3.63) is 83.3 Å². The third kappa shape index (κ3) is 3.25. The summed E-state index contributed by atoms with van der Waals surface area (Å²) in [6.45, 7) is 2.72. The van der Waals surface area contributed by atoms with Crippen molar-refractivity contribution in [2.45, 2.75) is 18.8 Å². The van der Waals surface area contributed by atoms with Crippen LogP contribution in [0.15, 0.2) is 60.8 Å². The fraction of sp³-hybridized carbons (Fsp3) is 0.259. The Morgan fingerprint density at radius 1 is 0.848 bits per heavy atom. The fourth-order valence-corrected chi connectivity index (χ4v) is 5.48. The molecule has 166 valence electrons. The molecular weight excluding hydrogens is 417 g/mol. The summed E-state index contributed by atoms with van der Waals surface area (Å²) in [7, 11) is 0. The number of benzene rings is 3. The number of hydrogen-bond donors (Lipinski definition) is 1. The summed E-state index contributed by atoms with van der Waals surface area (Å²) in [6, 6.07) is 16.4. The monoisotopic (exact) mass is 441 g/mol. The molecule has 0 bridgehead atoms. The zero-order chi connectivity index (χ0) is 22.5. The molecule has 2 aliphatic heterocycles. The highest BCUT2D eigenvalue weighted by molar-refractivity contribution is 6.25. The van der Waals surface area contributed by atoms with E-state index in [-0.39, 0.29) is 17.6 Å². The van der Waals surface area contributed by atoms with Gasteiger partial charge in [0, 0.05) is 46.7 Å². The van der Waals surface area contributed by atoms with Gasteiger partial charge in [-0.15, -0.1) is 0 Å². The molecule has 0 aliphatic carbocycles. The van der Waals surface area contributed by atoms with Crippen molar-refractivity contribution < 1.29 is 14.0 Å². The Labute approximate surface area is 190 Å².